The van der Waals surface area contributed by atoms with Gasteiger partial charge in [-0.15, -0.1) is 0 Å². The van der Waals surface area contributed by atoms with E-state index < -0.39 is 0 Å². The van der Waals surface area contributed by atoms with Crippen LogP contribution in [-0.4, -0.2) is 6.54 Å². The van der Waals surface area contributed by atoms with Gasteiger partial charge in [0.15, 0.2) is 0 Å². The first-order valence-corrected chi connectivity index (χ1v) is 5.07. The predicted octanol–water partition coefficient (Wildman–Crippen LogP) is 2.32. The van der Waals surface area contributed by atoms with Crippen molar-refractivity contribution in [2.24, 2.45) is 23.6 Å². The van der Waals surface area contributed by atoms with E-state index in [-0.39, 0.29) is 0 Å². The predicted molar refractivity (Wildman–Crippen MR) is 59.1 cm³/mol. The highest BCUT2D eigenvalue weighted by atomic mass is 15.2. The van der Waals surface area contributed by atoms with Gasteiger partial charge in [-0.3, -0.25) is 11.3 Å². The molecule has 0 heterocycles. The van der Waals surface area contributed by atoms with Crippen molar-refractivity contribution in [1.82, 2.24) is 5.43 Å². The summed E-state index contributed by atoms with van der Waals surface area (Å²) in [6.07, 6.45) is 2.35. The highest BCUT2D eigenvalue weighted by Gasteiger charge is 2.17. The summed E-state index contributed by atoms with van der Waals surface area (Å²) in [5.41, 5.74) is 4.14. The number of hydrogen-bond acceptors (Lipinski definition) is 2. The van der Waals surface area contributed by atoms with Crippen LogP contribution in [0, 0.1) is 17.8 Å². The van der Waals surface area contributed by atoms with Gasteiger partial charge in [0.25, 0.3) is 0 Å². The Balaban J connectivity index is 4.33. The van der Waals surface area contributed by atoms with Crippen LogP contribution in [0.1, 0.15) is 34.6 Å². The van der Waals surface area contributed by atoms with Crippen molar-refractivity contribution in [3.8, 4) is 0 Å². The van der Waals surface area contributed by atoms with Crippen molar-refractivity contribution in [1.29, 1.82) is 0 Å². The summed E-state index contributed by atoms with van der Waals surface area (Å²) in [7, 11) is 0. The van der Waals surface area contributed by atoms with E-state index in [0.717, 1.165) is 6.54 Å². The Bertz CT molecular complexity index is 157. The average Bonchev–Trinajstić information content (AvgIpc) is 1.99. The molecule has 0 aliphatic carbocycles. The molecule has 13 heavy (non-hydrogen) atoms. The van der Waals surface area contributed by atoms with Crippen LogP contribution in [0.3, 0.4) is 0 Å². The molecule has 3 N–H and O–H groups in total. The second-order valence-electron chi connectivity index (χ2n) is 4.45. The lowest BCUT2D eigenvalue weighted by Gasteiger charge is -2.24. The van der Waals surface area contributed by atoms with Gasteiger partial charge >= 0.3 is 0 Å². The van der Waals surface area contributed by atoms with Crippen LogP contribution >= 0.6 is 0 Å². The van der Waals surface area contributed by atoms with E-state index in [2.05, 4.69) is 46.1 Å². The molecule has 0 aliphatic rings. The fourth-order valence-corrected chi connectivity index (χ4v) is 1.72. The number of rotatable bonds is 5. The van der Waals surface area contributed by atoms with Gasteiger partial charge in [0, 0.05) is 6.54 Å². The molecule has 78 valence electrons. The minimum atomic E-state index is 0.597. The van der Waals surface area contributed by atoms with Gasteiger partial charge in [0.1, 0.15) is 0 Å². The summed E-state index contributed by atoms with van der Waals surface area (Å²) in [5, 5.41) is 0. The largest absolute Gasteiger partial charge is 0.271 e. The highest BCUT2D eigenvalue weighted by molar-refractivity contribution is 4.99. The zero-order valence-corrected chi connectivity index (χ0v) is 9.59. The molecule has 2 atom stereocenters. The first kappa shape index (κ1) is 12.7. The molecular formula is C11H24N2. The van der Waals surface area contributed by atoms with Gasteiger partial charge in [0.2, 0.25) is 0 Å². The number of hydrazine groups is 1. The summed E-state index contributed by atoms with van der Waals surface area (Å²) < 4.78 is 0. The van der Waals surface area contributed by atoms with Gasteiger partial charge in [-0.1, -0.05) is 32.4 Å². The van der Waals surface area contributed by atoms with E-state index >= 15 is 0 Å². The van der Waals surface area contributed by atoms with E-state index in [9.17, 15) is 0 Å². The Morgan fingerprint density at radius 2 is 1.85 bits per heavy atom. The molecular weight excluding hydrogens is 160 g/mol. The minimum Gasteiger partial charge on any atom is -0.271 e. The molecule has 0 saturated heterocycles. The summed E-state index contributed by atoms with van der Waals surface area (Å²) in [5.74, 6) is 7.23. The molecule has 0 radical (unpaired) electrons. The maximum atomic E-state index is 5.33. The van der Waals surface area contributed by atoms with Crippen molar-refractivity contribution in [2.75, 3.05) is 6.54 Å². The van der Waals surface area contributed by atoms with Crippen LogP contribution in [0.15, 0.2) is 11.6 Å². The quantitative estimate of drug-likeness (QED) is 0.391. The zero-order valence-electron chi connectivity index (χ0n) is 9.59. The van der Waals surface area contributed by atoms with Crippen LogP contribution < -0.4 is 11.3 Å². The smallest absolute Gasteiger partial charge is 0.0129 e. The van der Waals surface area contributed by atoms with Crippen LogP contribution in [0.5, 0.6) is 0 Å². The molecule has 2 heteroatoms. The molecule has 0 amide bonds. The van der Waals surface area contributed by atoms with Gasteiger partial charge in [-0.05, 0) is 31.6 Å². The minimum absolute atomic E-state index is 0.597. The molecule has 0 rings (SSSR count). The van der Waals surface area contributed by atoms with Gasteiger partial charge in [0.05, 0.1) is 0 Å². The fourth-order valence-electron chi connectivity index (χ4n) is 1.72. The average molecular weight is 184 g/mol. The maximum absolute atomic E-state index is 5.33. The van der Waals surface area contributed by atoms with E-state index in [1.807, 2.05) is 0 Å². The SMILES string of the molecule is CC(C)=CC(C(C)C)C(C)CNN. The molecule has 0 aliphatic heterocycles. The van der Waals surface area contributed by atoms with Crippen LogP contribution in [0.25, 0.3) is 0 Å². The van der Waals surface area contributed by atoms with E-state index in [1.165, 1.54) is 5.57 Å². The standard InChI is InChI=1S/C11H24N2/c1-8(2)6-11(9(3)4)10(5)7-13-12/h6,9-11,13H,7,12H2,1-5H3. The second kappa shape index (κ2) is 6.17. The summed E-state index contributed by atoms with van der Waals surface area (Å²) in [6.45, 7) is 11.9. The van der Waals surface area contributed by atoms with Crippen LogP contribution in [-0.2, 0) is 0 Å². The Hall–Kier alpha value is -0.340. The van der Waals surface area contributed by atoms with Crippen molar-refractivity contribution in [3.05, 3.63) is 11.6 Å². The lowest BCUT2D eigenvalue weighted by Crippen LogP contribution is -2.32. The number of allylic oxidation sites excluding steroid dienone is 2. The zero-order chi connectivity index (χ0) is 10.4. The van der Waals surface area contributed by atoms with Crippen molar-refractivity contribution < 1.29 is 0 Å². The molecule has 2 nitrogen and oxygen atoms in total. The normalized spacial score (nSPS) is 15.6. The molecule has 0 spiro atoms. The highest BCUT2D eigenvalue weighted by Crippen LogP contribution is 2.23. The second-order valence-corrected chi connectivity index (χ2v) is 4.45. The Labute approximate surface area is 82.6 Å². The van der Waals surface area contributed by atoms with Gasteiger partial charge in [-0.2, -0.15) is 0 Å². The molecule has 0 bridgehead atoms. The third-order valence-corrected chi connectivity index (χ3v) is 2.39. The molecule has 0 aromatic rings. The Kier molecular flexibility index (Phi) is 6.00. The lowest BCUT2D eigenvalue weighted by atomic mass is 9.83. The molecule has 0 aromatic carbocycles. The van der Waals surface area contributed by atoms with E-state index in [1.54, 1.807) is 0 Å². The number of hydrogen-bond donors (Lipinski definition) is 2. The fraction of sp³-hybridized carbons (Fsp3) is 0.818. The summed E-state index contributed by atoms with van der Waals surface area (Å²) in [6, 6.07) is 0. The number of nitrogens with one attached hydrogen (secondary N) is 1. The molecule has 0 aromatic heterocycles. The Morgan fingerprint density at radius 3 is 2.15 bits per heavy atom. The molecule has 0 fully saturated rings. The summed E-state index contributed by atoms with van der Waals surface area (Å²) in [4.78, 5) is 0. The van der Waals surface area contributed by atoms with E-state index in [4.69, 9.17) is 5.84 Å². The molecule has 0 saturated carbocycles. The lowest BCUT2D eigenvalue weighted by molar-refractivity contribution is 0.321. The van der Waals surface area contributed by atoms with Crippen LogP contribution in [0.4, 0.5) is 0 Å². The monoisotopic (exact) mass is 184 g/mol. The topological polar surface area (TPSA) is 38.0 Å². The number of nitrogens with two attached hydrogens (primary N) is 1. The van der Waals surface area contributed by atoms with E-state index in [0.29, 0.717) is 17.8 Å². The maximum Gasteiger partial charge on any atom is 0.0129 e. The van der Waals surface area contributed by atoms with Crippen molar-refractivity contribution >= 4 is 0 Å². The third-order valence-electron chi connectivity index (χ3n) is 2.39. The third kappa shape index (κ3) is 5.06. The summed E-state index contributed by atoms with van der Waals surface area (Å²) >= 11 is 0. The van der Waals surface area contributed by atoms with Crippen molar-refractivity contribution in [2.45, 2.75) is 34.6 Å². The van der Waals surface area contributed by atoms with Crippen LogP contribution in [0.2, 0.25) is 0 Å². The Morgan fingerprint density at radius 1 is 1.31 bits per heavy atom. The first-order valence-electron chi connectivity index (χ1n) is 5.07. The van der Waals surface area contributed by atoms with Gasteiger partial charge < -0.3 is 0 Å². The van der Waals surface area contributed by atoms with Gasteiger partial charge in [-0.25, -0.2) is 0 Å². The molecule has 2 unspecified atom stereocenters. The first-order chi connectivity index (χ1) is 5.99. The van der Waals surface area contributed by atoms with Crippen molar-refractivity contribution in [3.63, 3.8) is 0 Å².